The van der Waals surface area contributed by atoms with Gasteiger partial charge in [0.2, 0.25) is 5.91 Å². The quantitative estimate of drug-likeness (QED) is 0.375. The largest absolute Gasteiger partial charge is 0.534 e. The van der Waals surface area contributed by atoms with Gasteiger partial charge in [-0.15, -0.1) is 0 Å². The summed E-state index contributed by atoms with van der Waals surface area (Å²) < 4.78 is 68.4. The predicted octanol–water partition coefficient (Wildman–Crippen LogP) is 3.16. The van der Waals surface area contributed by atoms with Gasteiger partial charge < -0.3 is 13.9 Å². The van der Waals surface area contributed by atoms with Gasteiger partial charge in [-0.3, -0.25) is 9.59 Å². The molecule has 0 unspecified atom stereocenters. The molecular weight excluding hydrogens is 429 g/mol. The molecule has 2 heterocycles. The zero-order valence-electron chi connectivity index (χ0n) is 16.2. The molecule has 164 valence electrons. The Labute approximate surface area is 170 Å². The maximum atomic E-state index is 12.4. The number of furan rings is 1. The van der Waals surface area contributed by atoms with Crippen LogP contribution in [0.25, 0.3) is 11.5 Å². The van der Waals surface area contributed by atoms with Gasteiger partial charge in [-0.25, -0.2) is 4.98 Å². The molecule has 1 amide bonds. The Hall–Kier alpha value is -2.89. The van der Waals surface area contributed by atoms with Crippen LogP contribution in [0.1, 0.15) is 30.8 Å². The Kier molecular flexibility index (Phi) is 6.91. The summed E-state index contributed by atoms with van der Waals surface area (Å²) in [6.07, 6.45) is 0.711. The van der Waals surface area contributed by atoms with Gasteiger partial charge in [0.25, 0.3) is 0 Å². The van der Waals surface area contributed by atoms with Gasteiger partial charge in [0.1, 0.15) is 5.69 Å². The summed E-state index contributed by atoms with van der Waals surface area (Å²) in [5.74, 6) is -1.81. The van der Waals surface area contributed by atoms with Crippen LogP contribution in [0.3, 0.4) is 0 Å². The zero-order valence-corrected chi connectivity index (χ0v) is 17.0. The summed E-state index contributed by atoms with van der Waals surface area (Å²) in [7, 11) is -4.33. The summed E-state index contributed by atoms with van der Waals surface area (Å²) in [6, 6.07) is 4.96. The van der Waals surface area contributed by atoms with Crippen molar-refractivity contribution in [2.75, 3.05) is 7.05 Å². The van der Waals surface area contributed by atoms with E-state index in [9.17, 15) is 31.2 Å². The Bertz CT molecular complexity index is 1010. The highest BCUT2D eigenvalue weighted by Crippen LogP contribution is 2.28. The summed E-state index contributed by atoms with van der Waals surface area (Å²) in [6.45, 7) is 3.63. The van der Waals surface area contributed by atoms with E-state index in [1.165, 1.54) is 25.2 Å². The van der Waals surface area contributed by atoms with E-state index >= 15 is 0 Å². The van der Waals surface area contributed by atoms with Crippen LogP contribution in [-0.4, -0.2) is 37.6 Å². The van der Waals surface area contributed by atoms with Crippen LogP contribution in [0, 0.1) is 11.8 Å². The smallest absolute Gasteiger partial charge is 0.451 e. The van der Waals surface area contributed by atoms with Crippen LogP contribution in [0.2, 0.25) is 0 Å². The lowest BCUT2D eigenvalue weighted by Gasteiger charge is -2.17. The lowest BCUT2D eigenvalue weighted by atomic mass is 9.89. The van der Waals surface area contributed by atoms with Crippen molar-refractivity contribution in [1.82, 2.24) is 10.3 Å². The molecule has 0 aromatic carbocycles. The fraction of sp³-hybridized carbons (Fsp3) is 0.389. The molecule has 0 spiro atoms. The van der Waals surface area contributed by atoms with Crippen molar-refractivity contribution < 1.29 is 39.8 Å². The Morgan fingerprint density at radius 2 is 1.87 bits per heavy atom. The molecule has 0 radical (unpaired) electrons. The third-order valence-electron chi connectivity index (χ3n) is 4.15. The second-order valence-corrected chi connectivity index (χ2v) is 8.16. The second-order valence-electron chi connectivity index (χ2n) is 6.62. The topological polar surface area (TPSA) is 116 Å². The maximum Gasteiger partial charge on any atom is 0.534 e. The zero-order chi connectivity index (χ0) is 22.7. The first-order chi connectivity index (χ1) is 13.9. The number of hydrogen-bond donors (Lipinski definition) is 1. The molecule has 0 aliphatic heterocycles. The van der Waals surface area contributed by atoms with E-state index in [1.807, 2.05) is 13.8 Å². The minimum absolute atomic E-state index is 0.0127. The molecule has 2 rings (SSSR count). The number of hydrogen-bond acceptors (Lipinski definition) is 7. The van der Waals surface area contributed by atoms with Crippen LogP contribution in [0.5, 0.6) is 5.75 Å². The summed E-state index contributed by atoms with van der Waals surface area (Å²) in [5.41, 5.74) is -5.43. The second kappa shape index (κ2) is 8.86. The average molecular weight is 448 g/mol. The standard InChI is InChI=1S/C18H19F3N2O6S/c1-10(2)12(17(25)22-3)8-14(24)16-7-6-15(28-16)13-5-4-11(9-23-13)29-30(26,27)18(19,20)21/h4-7,9-10,12H,8H2,1-3H3,(H,22,25)/t12-/m0/s1. The fourth-order valence-corrected chi connectivity index (χ4v) is 2.94. The van der Waals surface area contributed by atoms with Crippen LogP contribution in [-0.2, 0) is 14.9 Å². The molecule has 0 aliphatic rings. The number of carbonyl (C=O) groups is 2. The molecule has 0 saturated carbocycles. The first-order valence-electron chi connectivity index (χ1n) is 8.67. The van der Waals surface area contributed by atoms with Gasteiger partial charge in [0.15, 0.2) is 23.1 Å². The van der Waals surface area contributed by atoms with E-state index in [2.05, 4.69) is 14.5 Å². The van der Waals surface area contributed by atoms with Gasteiger partial charge in [0.05, 0.1) is 6.20 Å². The van der Waals surface area contributed by atoms with E-state index in [0.29, 0.717) is 0 Å². The summed E-state index contributed by atoms with van der Waals surface area (Å²) in [4.78, 5) is 28.1. The molecule has 0 bridgehead atoms. The van der Waals surface area contributed by atoms with Crippen molar-refractivity contribution in [2.45, 2.75) is 25.8 Å². The Morgan fingerprint density at radius 3 is 2.37 bits per heavy atom. The van der Waals surface area contributed by atoms with Crippen molar-refractivity contribution in [3.8, 4) is 17.2 Å². The molecular formula is C18H19F3N2O6S. The van der Waals surface area contributed by atoms with Crippen LogP contribution in [0.4, 0.5) is 13.2 Å². The lowest BCUT2D eigenvalue weighted by molar-refractivity contribution is -0.125. The Morgan fingerprint density at radius 1 is 1.20 bits per heavy atom. The van der Waals surface area contributed by atoms with Gasteiger partial charge in [-0.2, -0.15) is 21.6 Å². The highest BCUT2D eigenvalue weighted by molar-refractivity contribution is 7.88. The number of carbonyl (C=O) groups excluding carboxylic acids is 2. The Balaban J connectivity index is 2.14. The molecule has 2 aromatic rings. The molecule has 0 saturated heterocycles. The third kappa shape index (κ3) is 5.38. The van der Waals surface area contributed by atoms with E-state index in [1.54, 1.807) is 0 Å². The minimum Gasteiger partial charge on any atom is -0.451 e. The number of amides is 1. The van der Waals surface area contributed by atoms with Gasteiger partial charge in [-0.05, 0) is 30.2 Å². The maximum absolute atomic E-state index is 12.4. The van der Waals surface area contributed by atoms with E-state index in [0.717, 1.165) is 12.3 Å². The number of alkyl halides is 3. The van der Waals surface area contributed by atoms with Gasteiger partial charge in [0, 0.05) is 19.4 Å². The third-order valence-corrected chi connectivity index (χ3v) is 5.13. The molecule has 12 heteroatoms. The molecule has 0 fully saturated rings. The van der Waals surface area contributed by atoms with Crippen LogP contribution in [0.15, 0.2) is 34.9 Å². The van der Waals surface area contributed by atoms with E-state index in [-0.39, 0.29) is 35.5 Å². The van der Waals surface area contributed by atoms with Crippen molar-refractivity contribution in [1.29, 1.82) is 0 Å². The monoisotopic (exact) mass is 448 g/mol. The number of nitrogens with zero attached hydrogens (tertiary/aromatic N) is 1. The first kappa shape index (κ1) is 23.4. The number of Topliss-reactive ketones (excluding diaryl/α,β-unsaturated/α-hetero) is 1. The first-order valence-corrected chi connectivity index (χ1v) is 10.1. The summed E-state index contributed by atoms with van der Waals surface area (Å²) in [5, 5.41) is 2.51. The minimum atomic E-state index is -5.80. The van der Waals surface area contributed by atoms with Gasteiger partial charge >= 0.3 is 15.6 Å². The number of nitrogens with one attached hydrogen (secondary N) is 1. The number of halogens is 3. The normalized spacial score (nSPS) is 13.2. The highest BCUT2D eigenvalue weighted by Gasteiger charge is 2.48. The molecule has 2 aromatic heterocycles. The molecule has 8 nitrogen and oxygen atoms in total. The number of pyridine rings is 1. The van der Waals surface area contributed by atoms with Crippen molar-refractivity contribution in [3.05, 3.63) is 36.2 Å². The lowest BCUT2D eigenvalue weighted by Crippen LogP contribution is -2.32. The molecule has 30 heavy (non-hydrogen) atoms. The van der Waals surface area contributed by atoms with E-state index in [4.69, 9.17) is 4.42 Å². The van der Waals surface area contributed by atoms with Crippen molar-refractivity contribution in [2.24, 2.45) is 11.8 Å². The number of ketones is 1. The summed E-state index contributed by atoms with van der Waals surface area (Å²) >= 11 is 0. The molecule has 1 N–H and O–H groups in total. The number of rotatable bonds is 8. The fourth-order valence-electron chi connectivity index (χ4n) is 2.49. The van der Waals surface area contributed by atoms with Crippen molar-refractivity contribution >= 4 is 21.8 Å². The van der Waals surface area contributed by atoms with Gasteiger partial charge in [-0.1, -0.05) is 13.8 Å². The van der Waals surface area contributed by atoms with E-state index < -0.39 is 33.1 Å². The highest BCUT2D eigenvalue weighted by atomic mass is 32.2. The predicted molar refractivity (Wildman–Crippen MR) is 98.9 cm³/mol. The molecule has 0 aliphatic carbocycles. The van der Waals surface area contributed by atoms with Crippen LogP contribution < -0.4 is 9.50 Å². The van der Waals surface area contributed by atoms with Crippen LogP contribution >= 0.6 is 0 Å². The SMILES string of the molecule is CNC(=O)[C@@H](CC(=O)c1ccc(-c2ccc(OS(=O)(=O)C(F)(F)F)cn2)o1)C(C)C. The molecule has 1 atom stereocenters. The van der Waals surface area contributed by atoms with Crippen molar-refractivity contribution in [3.63, 3.8) is 0 Å². The average Bonchev–Trinajstić information content (AvgIpc) is 3.14. The number of aromatic nitrogens is 1.